The summed E-state index contributed by atoms with van der Waals surface area (Å²) >= 11 is 8.46. The van der Waals surface area contributed by atoms with Crippen molar-refractivity contribution in [1.29, 1.82) is 5.41 Å². The van der Waals surface area contributed by atoms with Crippen LogP contribution in [0.15, 0.2) is 0 Å². The maximum Gasteiger partial charge on any atom is 0.0877 e. The molecule has 2 nitrogen and oxygen atoms in total. The van der Waals surface area contributed by atoms with Crippen LogP contribution in [0.2, 0.25) is 0 Å². The van der Waals surface area contributed by atoms with Crippen molar-refractivity contribution >= 4 is 32.2 Å². The SMILES string of the molecule is C[C@H](Cl)NCC(=N)Br. The molecule has 4 heteroatoms. The highest BCUT2D eigenvalue weighted by Gasteiger charge is 1.93. The van der Waals surface area contributed by atoms with Crippen molar-refractivity contribution in [3.63, 3.8) is 0 Å². The minimum atomic E-state index is -0.0621. The quantitative estimate of drug-likeness (QED) is 0.404. The van der Waals surface area contributed by atoms with Crippen LogP contribution in [0.1, 0.15) is 6.92 Å². The van der Waals surface area contributed by atoms with Crippen molar-refractivity contribution in [2.75, 3.05) is 6.54 Å². The zero-order chi connectivity index (χ0) is 6.57. The van der Waals surface area contributed by atoms with E-state index in [4.69, 9.17) is 17.0 Å². The predicted molar refractivity (Wildman–Crippen MR) is 40.0 cm³/mol. The summed E-state index contributed by atoms with van der Waals surface area (Å²) < 4.78 is 0.421. The molecule has 0 saturated carbocycles. The first-order chi connectivity index (χ1) is 3.63. The molecule has 0 aliphatic carbocycles. The molecule has 0 amide bonds. The molecule has 2 N–H and O–H groups in total. The summed E-state index contributed by atoms with van der Waals surface area (Å²) in [5, 5.41) is 9.72. The first kappa shape index (κ1) is 8.40. The van der Waals surface area contributed by atoms with E-state index in [0.29, 0.717) is 11.2 Å². The Kier molecular flexibility index (Phi) is 4.51. The van der Waals surface area contributed by atoms with E-state index in [2.05, 4.69) is 21.2 Å². The van der Waals surface area contributed by atoms with Crippen LogP contribution < -0.4 is 5.32 Å². The lowest BCUT2D eigenvalue weighted by Crippen LogP contribution is -2.24. The smallest absolute Gasteiger partial charge is 0.0877 e. The lowest BCUT2D eigenvalue weighted by atomic mass is 10.6. The van der Waals surface area contributed by atoms with Gasteiger partial charge < -0.3 is 0 Å². The van der Waals surface area contributed by atoms with Gasteiger partial charge in [-0.05, 0) is 22.9 Å². The number of rotatable bonds is 3. The Hall–Kier alpha value is 0.400. The average Bonchev–Trinajstić information content (AvgIpc) is 1.61. The van der Waals surface area contributed by atoms with Gasteiger partial charge in [-0.15, -0.1) is 11.6 Å². The highest BCUT2D eigenvalue weighted by Crippen LogP contribution is 1.88. The van der Waals surface area contributed by atoms with Crippen LogP contribution in [0.5, 0.6) is 0 Å². The fourth-order valence-corrected chi connectivity index (χ4v) is 0.469. The standard InChI is InChI=1S/C4H8BrClN2/c1-3(6)8-2-4(5)7/h3,7-8H,2H2,1H3/t3-/m1/s1. The summed E-state index contributed by atoms with van der Waals surface area (Å²) in [6.07, 6.45) is 0. The van der Waals surface area contributed by atoms with E-state index in [1.807, 2.05) is 6.92 Å². The maximum absolute atomic E-state index is 6.88. The third kappa shape index (κ3) is 6.40. The van der Waals surface area contributed by atoms with Crippen LogP contribution in [0.3, 0.4) is 0 Å². The Balaban J connectivity index is 3.05. The van der Waals surface area contributed by atoms with Gasteiger partial charge in [-0.2, -0.15) is 0 Å². The second kappa shape index (κ2) is 4.30. The normalized spacial score (nSPS) is 13.4. The highest BCUT2D eigenvalue weighted by atomic mass is 79.9. The molecular weight excluding hydrogens is 191 g/mol. The second-order valence-electron chi connectivity index (χ2n) is 1.40. The molecule has 0 aliphatic rings. The molecule has 0 radical (unpaired) electrons. The van der Waals surface area contributed by atoms with E-state index in [1.165, 1.54) is 0 Å². The van der Waals surface area contributed by atoms with Crippen LogP contribution >= 0.6 is 27.5 Å². The van der Waals surface area contributed by atoms with E-state index in [0.717, 1.165) is 0 Å². The van der Waals surface area contributed by atoms with Gasteiger partial charge >= 0.3 is 0 Å². The molecule has 8 heavy (non-hydrogen) atoms. The lowest BCUT2D eigenvalue weighted by molar-refractivity contribution is 0.760. The first-order valence-electron chi connectivity index (χ1n) is 2.23. The Morgan fingerprint density at radius 3 is 2.62 bits per heavy atom. The minimum Gasteiger partial charge on any atom is -0.296 e. The second-order valence-corrected chi connectivity index (χ2v) is 3.01. The third-order valence-corrected chi connectivity index (χ3v) is 0.973. The molecule has 48 valence electrons. The molecule has 0 heterocycles. The number of alkyl halides is 1. The summed E-state index contributed by atoms with van der Waals surface area (Å²) in [7, 11) is 0. The van der Waals surface area contributed by atoms with Crippen LogP contribution in [0, 0.1) is 5.41 Å². The molecule has 0 bridgehead atoms. The Morgan fingerprint density at radius 1 is 2.00 bits per heavy atom. The molecule has 0 fully saturated rings. The molecule has 1 atom stereocenters. The van der Waals surface area contributed by atoms with Gasteiger partial charge in [-0.1, -0.05) is 0 Å². The average molecular weight is 199 g/mol. The largest absolute Gasteiger partial charge is 0.296 e. The number of hydrogen-bond acceptors (Lipinski definition) is 2. The molecule has 0 rings (SSSR count). The third-order valence-electron chi connectivity index (χ3n) is 0.539. The van der Waals surface area contributed by atoms with E-state index < -0.39 is 0 Å². The number of halogens is 2. The van der Waals surface area contributed by atoms with Crippen molar-refractivity contribution in [1.82, 2.24) is 5.32 Å². The highest BCUT2D eigenvalue weighted by molar-refractivity contribution is 9.18. The van der Waals surface area contributed by atoms with E-state index >= 15 is 0 Å². The van der Waals surface area contributed by atoms with Gasteiger partial charge in [-0.3, -0.25) is 10.7 Å². The Bertz CT molecular complexity index is 84.1. The summed E-state index contributed by atoms with van der Waals surface area (Å²) in [6.45, 7) is 2.32. The van der Waals surface area contributed by atoms with E-state index in [1.54, 1.807) is 0 Å². The Morgan fingerprint density at radius 2 is 2.50 bits per heavy atom. The van der Waals surface area contributed by atoms with E-state index in [-0.39, 0.29) is 5.50 Å². The van der Waals surface area contributed by atoms with Crippen LogP contribution in [0.4, 0.5) is 0 Å². The summed E-state index contributed by atoms with van der Waals surface area (Å²) in [4.78, 5) is 0. The summed E-state index contributed by atoms with van der Waals surface area (Å²) in [5.74, 6) is 0. The van der Waals surface area contributed by atoms with Crippen molar-refractivity contribution in [2.24, 2.45) is 0 Å². The zero-order valence-corrected chi connectivity index (χ0v) is 6.88. The maximum atomic E-state index is 6.88. The molecule has 0 spiro atoms. The first-order valence-corrected chi connectivity index (χ1v) is 3.46. The van der Waals surface area contributed by atoms with Crippen molar-refractivity contribution in [3.05, 3.63) is 0 Å². The molecule has 0 aromatic rings. The van der Waals surface area contributed by atoms with Gasteiger partial charge in [-0.25, -0.2) is 0 Å². The Labute approximate surface area is 62.2 Å². The van der Waals surface area contributed by atoms with Gasteiger partial charge in [0, 0.05) is 6.54 Å². The van der Waals surface area contributed by atoms with Crippen LogP contribution in [-0.4, -0.2) is 16.7 Å². The molecule has 0 unspecified atom stereocenters. The fourth-order valence-electron chi connectivity index (χ4n) is 0.230. The summed E-state index contributed by atoms with van der Waals surface area (Å²) in [5.41, 5.74) is -0.0621. The zero-order valence-electron chi connectivity index (χ0n) is 4.54. The number of nitrogens with one attached hydrogen (secondary N) is 2. The van der Waals surface area contributed by atoms with Crippen molar-refractivity contribution < 1.29 is 0 Å². The predicted octanol–water partition coefficient (Wildman–Crippen LogP) is 1.53. The van der Waals surface area contributed by atoms with E-state index in [9.17, 15) is 0 Å². The molecule has 0 saturated heterocycles. The van der Waals surface area contributed by atoms with Crippen LogP contribution in [0.25, 0.3) is 0 Å². The van der Waals surface area contributed by atoms with Crippen molar-refractivity contribution in [2.45, 2.75) is 12.4 Å². The van der Waals surface area contributed by atoms with Gasteiger partial charge in [0.05, 0.1) is 10.1 Å². The van der Waals surface area contributed by atoms with Gasteiger partial charge in [0.15, 0.2) is 0 Å². The van der Waals surface area contributed by atoms with Gasteiger partial charge in [0.2, 0.25) is 0 Å². The molecule has 0 aromatic heterocycles. The summed E-state index contributed by atoms with van der Waals surface area (Å²) in [6, 6.07) is 0. The number of hydrogen-bond donors (Lipinski definition) is 2. The van der Waals surface area contributed by atoms with Crippen LogP contribution in [-0.2, 0) is 0 Å². The van der Waals surface area contributed by atoms with Gasteiger partial charge in [0.25, 0.3) is 0 Å². The lowest BCUT2D eigenvalue weighted by Gasteiger charge is -2.01. The van der Waals surface area contributed by atoms with Gasteiger partial charge in [0.1, 0.15) is 0 Å². The molecule has 0 aromatic carbocycles. The monoisotopic (exact) mass is 198 g/mol. The molecule has 0 aliphatic heterocycles. The molecular formula is C4H8BrClN2. The van der Waals surface area contributed by atoms with Crippen molar-refractivity contribution in [3.8, 4) is 0 Å². The fraction of sp³-hybridized carbons (Fsp3) is 0.750. The minimum absolute atomic E-state index is 0.0621. The topological polar surface area (TPSA) is 35.9 Å².